The Bertz CT molecular complexity index is 282. The summed E-state index contributed by atoms with van der Waals surface area (Å²) in [4.78, 5) is 0. The van der Waals surface area contributed by atoms with Crippen LogP contribution in [-0.2, 0) is 0 Å². The van der Waals surface area contributed by atoms with Crippen LogP contribution in [-0.4, -0.2) is 12.6 Å². The van der Waals surface area contributed by atoms with Crippen LogP contribution in [0.25, 0.3) is 0 Å². The van der Waals surface area contributed by atoms with Crippen molar-refractivity contribution in [2.45, 2.75) is 91.0 Å². The van der Waals surface area contributed by atoms with E-state index in [2.05, 4.69) is 45.1 Å². The molecule has 0 aliphatic carbocycles. The highest BCUT2D eigenvalue weighted by Gasteiger charge is 2.22. The van der Waals surface area contributed by atoms with Gasteiger partial charge in [-0.3, -0.25) is 0 Å². The molecule has 0 rings (SSSR count). The number of hydrogen-bond donors (Lipinski definition) is 2. The number of nitrogens with two attached hydrogens (primary N) is 2. The fraction of sp³-hybridized carbons (Fsp3) is 0.800. The van der Waals surface area contributed by atoms with E-state index in [9.17, 15) is 0 Å². The van der Waals surface area contributed by atoms with Crippen molar-refractivity contribution in [3.8, 4) is 0 Å². The Hall–Kier alpha value is -0.600. The molecule has 0 radical (unpaired) electrons. The highest BCUT2D eigenvalue weighted by molar-refractivity contribution is 4.93. The first kappa shape index (κ1) is 21.4. The van der Waals surface area contributed by atoms with E-state index in [1.807, 2.05) is 0 Å². The third-order valence-electron chi connectivity index (χ3n) is 4.93. The van der Waals surface area contributed by atoms with Gasteiger partial charge >= 0.3 is 0 Å². The summed E-state index contributed by atoms with van der Waals surface area (Å²) in [6.45, 7) is 7.52. The molecule has 22 heavy (non-hydrogen) atoms. The third kappa shape index (κ3) is 10.2. The normalized spacial score (nSPS) is 14.2. The van der Waals surface area contributed by atoms with Crippen LogP contribution >= 0.6 is 0 Å². The van der Waals surface area contributed by atoms with E-state index in [4.69, 9.17) is 11.5 Å². The smallest absolute Gasteiger partial charge is 0.00734 e. The molecule has 0 bridgehead atoms. The monoisotopic (exact) mass is 308 g/mol. The molecule has 0 aromatic rings. The zero-order valence-corrected chi connectivity index (χ0v) is 15.3. The Balaban J connectivity index is 3.74. The largest absolute Gasteiger partial charge is 0.330 e. The SMILES string of the molecule is CCCCCC(N)CC=CCCC=CCC(CC)(CC)CN. The first-order valence-electron chi connectivity index (χ1n) is 9.39. The minimum atomic E-state index is 0.317. The topological polar surface area (TPSA) is 52.0 Å². The van der Waals surface area contributed by atoms with Crippen LogP contribution in [0.2, 0.25) is 0 Å². The molecule has 0 amide bonds. The van der Waals surface area contributed by atoms with Gasteiger partial charge in [-0.15, -0.1) is 0 Å². The lowest BCUT2D eigenvalue weighted by atomic mass is 9.79. The second kappa shape index (κ2) is 14.0. The fourth-order valence-electron chi connectivity index (χ4n) is 2.72. The van der Waals surface area contributed by atoms with Crippen molar-refractivity contribution in [1.82, 2.24) is 0 Å². The van der Waals surface area contributed by atoms with Crippen LogP contribution in [0, 0.1) is 5.41 Å². The van der Waals surface area contributed by atoms with Crippen molar-refractivity contribution in [1.29, 1.82) is 0 Å². The van der Waals surface area contributed by atoms with Crippen LogP contribution in [0.3, 0.4) is 0 Å². The van der Waals surface area contributed by atoms with E-state index in [0.29, 0.717) is 11.5 Å². The lowest BCUT2D eigenvalue weighted by Crippen LogP contribution is -2.28. The van der Waals surface area contributed by atoms with Gasteiger partial charge in [-0.2, -0.15) is 0 Å². The number of rotatable bonds is 14. The molecule has 0 fully saturated rings. The molecule has 4 N–H and O–H groups in total. The molecule has 0 aliphatic heterocycles. The second-order valence-electron chi connectivity index (χ2n) is 6.63. The molecule has 0 saturated heterocycles. The molecule has 0 aliphatic rings. The summed E-state index contributed by atoms with van der Waals surface area (Å²) in [5, 5.41) is 0. The highest BCUT2D eigenvalue weighted by atomic mass is 14.6. The van der Waals surface area contributed by atoms with Crippen molar-refractivity contribution < 1.29 is 0 Å². The van der Waals surface area contributed by atoms with E-state index in [1.165, 1.54) is 32.1 Å². The van der Waals surface area contributed by atoms with Gasteiger partial charge in [0.25, 0.3) is 0 Å². The fourth-order valence-corrected chi connectivity index (χ4v) is 2.72. The molecule has 1 atom stereocenters. The van der Waals surface area contributed by atoms with Gasteiger partial charge in [0.05, 0.1) is 0 Å². The van der Waals surface area contributed by atoms with Crippen molar-refractivity contribution in [3.05, 3.63) is 24.3 Å². The molecule has 2 heteroatoms. The summed E-state index contributed by atoms with van der Waals surface area (Å²) < 4.78 is 0. The summed E-state index contributed by atoms with van der Waals surface area (Å²) in [5.41, 5.74) is 12.3. The van der Waals surface area contributed by atoms with Gasteiger partial charge in [0.15, 0.2) is 0 Å². The summed E-state index contributed by atoms with van der Waals surface area (Å²) in [6.07, 6.45) is 20.9. The molecule has 1 unspecified atom stereocenters. The molecular formula is C20H40N2. The van der Waals surface area contributed by atoms with Crippen LogP contribution in [0.5, 0.6) is 0 Å². The maximum absolute atomic E-state index is 6.09. The molecule has 0 spiro atoms. The third-order valence-corrected chi connectivity index (χ3v) is 4.93. The second-order valence-corrected chi connectivity index (χ2v) is 6.63. The molecule has 0 saturated carbocycles. The van der Waals surface area contributed by atoms with E-state index < -0.39 is 0 Å². The zero-order chi connectivity index (χ0) is 16.7. The van der Waals surface area contributed by atoms with E-state index in [1.54, 1.807) is 0 Å². The van der Waals surface area contributed by atoms with Crippen LogP contribution in [0.4, 0.5) is 0 Å². The Morgan fingerprint density at radius 3 is 2.09 bits per heavy atom. The van der Waals surface area contributed by atoms with Gasteiger partial charge in [0.1, 0.15) is 0 Å². The van der Waals surface area contributed by atoms with Crippen molar-refractivity contribution in [2.75, 3.05) is 6.54 Å². The minimum Gasteiger partial charge on any atom is -0.330 e. The maximum Gasteiger partial charge on any atom is 0.00734 e. The van der Waals surface area contributed by atoms with Gasteiger partial charge in [-0.25, -0.2) is 0 Å². The summed E-state index contributed by atoms with van der Waals surface area (Å²) in [6, 6.07) is 0.345. The Labute approximate surface area is 139 Å². The van der Waals surface area contributed by atoms with Gasteiger partial charge in [-0.05, 0) is 56.9 Å². The molecule has 2 nitrogen and oxygen atoms in total. The highest BCUT2D eigenvalue weighted by Crippen LogP contribution is 2.29. The van der Waals surface area contributed by atoms with Gasteiger partial charge in [0, 0.05) is 6.04 Å². The van der Waals surface area contributed by atoms with Gasteiger partial charge < -0.3 is 11.5 Å². The molecule has 0 aromatic heterocycles. The predicted octanol–water partition coefficient (Wildman–Crippen LogP) is 5.33. The Kier molecular flexibility index (Phi) is 13.6. The van der Waals surface area contributed by atoms with Gasteiger partial charge in [-0.1, -0.05) is 64.3 Å². The average Bonchev–Trinajstić information content (AvgIpc) is 2.54. The molecule has 130 valence electrons. The van der Waals surface area contributed by atoms with Crippen molar-refractivity contribution >= 4 is 0 Å². The van der Waals surface area contributed by atoms with E-state index in [0.717, 1.165) is 38.6 Å². The number of allylic oxidation sites excluding steroid dienone is 3. The van der Waals surface area contributed by atoms with Gasteiger partial charge in [0.2, 0.25) is 0 Å². The summed E-state index contributed by atoms with van der Waals surface area (Å²) >= 11 is 0. The predicted molar refractivity (Wildman–Crippen MR) is 101 cm³/mol. The zero-order valence-electron chi connectivity index (χ0n) is 15.3. The average molecular weight is 309 g/mol. The number of hydrogen-bond acceptors (Lipinski definition) is 2. The van der Waals surface area contributed by atoms with E-state index in [-0.39, 0.29) is 0 Å². The van der Waals surface area contributed by atoms with Crippen molar-refractivity contribution in [3.63, 3.8) is 0 Å². The number of unbranched alkanes of at least 4 members (excludes halogenated alkanes) is 3. The standard InChI is InChI=1S/C20H40N2/c1-4-7-12-15-19(22)16-13-10-8-9-11-14-17-20(5-2,6-3)18-21/h10-11,13-14,19H,4-9,12,15-18,21-22H2,1-3H3. The first-order chi connectivity index (χ1) is 10.6. The Morgan fingerprint density at radius 1 is 0.909 bits per heavy atom. The molecule has 0 aromatic carbocycles. The van der Waals surface area contributed by atoms with Crippen LogP contribution in [0.15, 0.2) is 24.3 Å². The minimum absolute atomic E-state index is 0.317. The van der Waals surface area contributed by atoms with Crippen LogP contribution in [0.1, 0.15) is 85.0 Å². The molecular weight excluding hydrogens is 268 g/mol. The quantitative estimate of drug-likeness (QED) is 0.336. The van der Waals surface area contributed by atoms with Crippen LogP contribution < -0.4 is 11.5 Å². The molecule has 0 heterocycles. The Morgan fingerprint density at radius 2 is 1.55 bits per heavy atom. The summed E-state index contributed by atoms with van der Waals surface area (Å²) in [5.74, 6) is 0. The first-order valence-corrected chi connectivity index (χ1v) is 9.39. The van der Waals surface area contributed by atoms with Crippen molar-refractivity contribution in [2.24, 2.45) is 16.9 Å². The lowest BCUT2D eigenvalue weighted by molar-refractivity contribution is 0.277. The lowest BCUT2D eigenvalue weighted by Gasteiger charge is -2.28. The van der Waals surface area contributed by atoms with E-state index >= 15 is 0 Å². The maximum atomic E-state index is 6.09. The summed E-state index contributed by atoms with van der Waals surface area (Å²) in [7, 11) is 0.